The van der Waals surface area contributed by atoms with Crippen LogP contribution in [0.1, 0.15) is 226 Å². The number of carboxylic acid groups (broad SMARTS) is 1. The Bertz CT molecular complexity index is 5460. The first kappa shape index (κ1) is 95.9. The van der Waals surface area contributed by atoms with Crippen LogP contribution in [0.2, 0.25) is 0 Å². The van der Waals surface area contributed by atoms with Crippen LogP contribution in [0.25, 0.3) is 33.3 Å². The lowest BCUT2D eigenvalue weighted by atomic mass is 9.89. The Morgan fingerprint density at radius 1 is 0.520 bits per heavy atom. The van der Waals surface area contributed by atoms with Gasteiger partial charge in [0.1, 0.15) is 11.2 Å². The number of nitrogens with one attached hydrogen (secondary N) is 7. The Balaban J connectivity index is 0.000000163. The summed E-state index contributed by atoms with van der Waals surface area (Å²) in [5.41, 5.74) is 20.4. The van der Waals surface area contributed by atoms with Crippen molar-refractivity contribution in [3.8, 4) is 0 Å². The molecule has 30 heteroatoms. The van der Waals surface area contributed by atoms with E-state index in [1.807, 2.05) is 128 Å². The van der Waals surface area contributed by atoms with Crippen molar-refractivity contribution >= 4 is 86.8 Å². The predicted molar refractivity (Wildman–Crippen MR) is 495 cm³/mol. The van der Waals surface area contributed by atoms with Crippen LogP contribution in [0.3, 0.4) is 0 Å². The normalized spacial score (nSPS) is 20.6. The maximum atomic E-state index is 13.7. The smallest absolute Gasteiger partial charge is 0.410 e. The van der Waals surface area contributed by atoms with Crippen molar-refractivity contribution in [3.63, 3.8) is 0 Å². The molecule has 0 aromatic carbocycles. The van der Waals surface area contributed by atoms with E-state index in [4.69, 9.17) is 35.5 Å². The highest BCUT2D eigenvalue weighted by Crippen LogP contribution is 2.38. The van der Waals surface area contributed by atoms with E-state index in [1.54, 1.807) is 15.9 Å². The number of pyridine rings is 4. The molecule has 15 heterocycles. The molecule has 7 atom stereocenters. The number of H-pyrrole nitrogens is 1. The fourth-order valence-corrected chi connectivity index (χ4v) is 18.6. The van der Waals surface area contributed by atoms with Crippen LogP contribution in [0, 0.1) is 58.3 Å². The third-order valence-corrected chi connectivity index (χ3v) is 25.6. The summed E-state index contributed by atoms with van der Waals surface area (Å²) >= 11 is 5.32. The minimum Gasteiger partial charge on any atom is -0.478 e. The minimum absolute atomic E-state index is 0.0342. The number of hydrogen-bond acceptors (Lipinski definition) is 18. The van der Waals surface area contributed by atoms with E-state index >= 15 is 0 Å². The van der Waals surface area contributed by atoms with Gasteiger partial charge in [-0.05, 0) is 258 Å². The summed E-state index contributed by atoms with van der Waals surface area (Å²) in [5, 5.41) is 25.2. The highest BCUT2D eigenvalue weighted by atomic mass is 35.5. The Morgan fingerprint density at radius 3 is 1.21 bits per heavy atom. The summed E-state index contributed by atoms with van der Waals surface area (Å²) in [7, 11) is 0. The van der Waals surface area contributed by atoms with Crippen molar-refractivity contribution in [2.24, 2.45) is 23.7 Å². The third-order valence-electron chi connectivity index (χ3n) is 25.5. The standard InChI is InChI=1S/C34H47N5O5.C29H39N5O3.C26H35N3O5.C8H11ClN2O/c1-21-16-22(2)36-32(41)29(21)19-35-31(40)28-18-27-17-26(25-8-10-38(11-9-25)33(42)44-34(5,6)7)20-39(27)30(23(28)3)24(4)37-12-14-43-15-13-37;1-18-13-19(2)32-29(36)26(18)16-31-28(35)25-15-24-14-23(22-5-7-30-8-6-22)17-34(24)27(20(25)3)21(4)33-9-11-37-12-10-33;1-17-22(24(30)31)15-21-14-20(16-29(21)23(17)18(2)27-10-12-33-13-11-27)19-6-8-28(9-7-19)25(32)34-26(3,4)5;1-5-3-6(2)11-8(12)7(5)4-10-9/h8,16-18,20-21,24,29H,9-15,19H2,1-7H3,(H,35,40)(H,36,41);5,13-15,17-18,21,26,30H,6-12,16H2,1-4H3,(H,31,35)(H,32,36);6,14-16,18H,7-13H2,1-5H3,(H,30,31);3,10H,4H2,1-2H3,(H,11,12). The molecule has 29 nitrogen and oxygen atoms in total. The van der Waals surface area contributed by atoms with Crippen molar-refractivity contribution < 1.29 is 62.4 Å². The number of carbonyl (C=O) groups excluding carboxylic acids is 6. The average Bonchev–Trinajstić information content (AvgIpc) is 1.61. The molecule has 127 heavy (non-hydrogen) atoms. The SMILES string of the molecule is CC1=CC(C)C(CNC(=O)c2cc3cc(C4=CCN(C(=O)OC(C)(C)C)CC4)cn3c(C(C)N3CCOCC3)c2C)C(=O)N1.CC1=CC(C)C(CNC(=O)c2cc3cc(C4=CCNCC4)cn3c(C(C)N3CCOCC3)c2C)C(=O)N1.Cc1c(C(=O)O)cc2cc(C3=CCN(C(=O)OC(C)(C)C)CC3)cn2c1C(C)N1CCOCC1.Cc1cc(C)c(CNCl)c(=O)[nH]1. The van der Waals surface area contributed by atoms with Gasteiger partial charge < -0.3 is 83.4 Å². The van der Waals surface area contributed by atoms with Crippen LogP contribution in [-0.2, 0) is 39.8 Å². The monoisotopic (exact) mass is 1770 g/mol. The van der Waals surface area contributed by atoms with Gasteiger partial charge in [-0.1, -0.05) is 44.2 Å². The molecule has 7 unspecified atom stereocenters. The van der Waals surface area contributed by atoms with E-state index in [9.17, 15) is 43.5 Å². The van der Waals surface area contributed by atoms with E-state index in [1.165, 1.54) is 16.7 Å². The molecule has 0 spiro atoms. The number of rotatable bonds is 18. The molecule has 0 aliphatic carbocycles. The number of amides is 6. The molecule has 3 saturated heterocycles. The van der Waals surface area contributed by atoms with E-state index in [2.05, 4.69) is 146 Å². The van der Waals surface area contributed by atoms with Gasteiger partial charge in [-0.25, -0.2) is 19.2 Å². The first-order valence-electron chi connectivity index (χ1n) is 44.8. The molecule has 3 fully saturated rings. The highest BCUT2D eigenvalue weighted by molar-refractivity contribution is 6.13. The number of ether oxygens (including phenoxy) is 5. The molecule has 8 aliphatic heterocycles. The molecule has 15 rings (SSSR count). The van der Waals surface area contributed by atoms with Crippen molar-refractivity contribution in [2.45, 2.75) is 180 Å². The Hall–Kier alpha value is -10.2. The summed E-state index contributed by atoms with van der Waals surface area (Å²) in [6.07, 6.45) is 18.8. The van der Waals surface area contributed by atoms with E-state index in [0.29, 0.717) is 94.4 Å². The number of aromatic amines is 1. The molecular weight excluding hydrogens is 1630 g/mol. The fraction of sp³-hybridized carbons (Fsp3) is 0.526. The summed E-state index contributed by atoms with van der Waals surface area (Å²) in [5.74, 6) is -1.82. The first-order valence-corrected chi connectivity index (χ1v) is 45.2. The van der Waals surface area contributed by atoms with Crippen LogP contribution in [-0.4, -0.2) is 232 Å². The van der Waals surface area contributed by atoms with Gasteiger partial charge in [-0.2, -0.15) is 0 Å². The number of allylic oxidation sites excluding steroid dienone is 4. The summed E-state index contributed by atoms with van der Waals surface area (Å²) < 4.78 is 34.4. The van der Waals surface area contributed by atoms with Gasteiger partial charge in [0, 0.05) is 196 Å². The van der Waals surface area contributed by atoms with Crippen molar-refractivity contribution in [3.05, 3.63) is 197 Å². The summed E-state index contributed by atoms with van der Waals surface area (Å²) in [6.45, 7) is 49.4. The van der Waals surface area contributed by atoms with E-state index < -0.39 is 17.2 Å². The average molecular weight is 1770 g/mol. The van der Waals surface area contributed by atoms with Crippen LogP contribution in [0.15, 0.2) is 108 Å². The molecule has 686 valence electrons. The number of fused-ring (bicyclic) bond motifs is 3. The number of carboxylic acids is 1. The fourth-order valence-electron chi connectivity index (χ4n) is 18.5. The zero-order chi connectivity index (χ0) is 91.6. The van der Waals surface area contributed by atoms with Gasteiger partial charge in [-0.3, -0.25) is 38.7 Å². The Morgan fingerprint density at radius 2 is 0.890 bits per heavy atom. The number of aryl methyl sites for hydroxylation is 2. The third kappa shape index (κ3) is 23.5. The molecular formula is C97H132ClN15O14. The number of nitrogens with zero attached hydrogens (tertiary/aromatic N) is 8. The number of aromatic nitrogens is 4. The lowest BCUT2D eigenvalue weighted by Crippen LogP contribution is -2.44. The molecule has 8 aliphatic rings. The van der Waals surface area contributed by atoms with Gasteiger partial charge in [0.05, 0.1) is 57.0 Å². The Labute approximate surface area is 751 Å². The first-order chi connectivity index (χ1) is 60.3. The molecule has 7 aromatic rings. The maximum absolute atomic E-state index is 13.7. The second-order valence-corrected chi connectivity index (χ2v) is 37.1. The van der Waals surface area contributed by atoms with Crippen molar-refractivity contribution in [1.29, 1.82) is 0 Å². The summed E-state index contributed by atoms with van der Waals surface area (Å²) in [4.78, 5) is 117. The van der Waals surface area contributed by atoms with Gasteiger partial charge in [0.2, 0.25) is 11.8 Å². The Kier molecular flexibility index (Phi) is 31.6. The molecule has 0 radical (unpaired) electrons. The summed E-state index contributed by atoms with van der Waals surface area (Å²) in [6, 6.07) is 14.2. The zero-order valence-electron chi connectivity index (χ0n) is 77.4. The van der Waals surface area contributed by atoms with Crippen LogP contribution < -0.4 is 37.0 Å². The lowest BCUT2D eigenvalue weighted by molar-refractivity contribution is -0.126. The maximum Gasteiger partial charge on any atom is 0.410 e. The number of halogens is 1. The number of hydrogen-bond donors (Lipinski definition) is 8. The largest absolute Gasteiger partial charge is 0.478 e. The van der Waals surface area contributed by atoms with Gasteiger partial charge in [-0.15, -0.1) is 0 Å². The molecule has 0 bridgehead atoms. The van der Waals surface area contributed by atoms with Crippen LogP contribution in [0.5, 0.6) is 0 Å². The number of carbonyl (C=O) groups is 7. The van der Waals surface area contributed by atoms with Crippen LogP contribution >= 0.6 is 11.8 Å². The predicted octanol–water partition coefficient (Wildman–Crippen LogP) is 13.3. The molecule has 8 N–H and O–H groups in total. The van der Waals surface area contributed by atoms with Gasteiger partial charge in [0.25, 0.3) is 17.4 Å². The molecule has 0 saturated carbocycles. The number of morpholine rings is 3. The number of aromatic carboxylic acids is 1. The van der Waals surface area contributed by atoms with E-state index in [0.717, 1.165) is 168 Å². The quantitative estimate of drug-likeness (QED) is 0.0370. The topological polar surface area (TPSA) is 320 Å². The molecule has 7 aromatic heterocycles. The van der Waals surface area contributed by atoms with Gasteiger partial charge >= 0.3 is 18.2 Å². The zero-order valence-corrected chi connectivity index (χ0v) is 78.1. The van der Waals surface area contributed by atoms with Crippen LogP contribution in [0.4, 0.5) is 9.59 Å². The minimum atomic E-state index is -0.914. The lowest BCUT2D eigenvalue weighted by Gasteiger charge is -2.34. The second-order valence-electron chi connectivity index (χ2n) is 36.8. The second kappa shape index (κ2) is 41.9. The van der Waals surface area contributed by atoms with E-state index in [-0.39, 0.29) is 89.7 Å². The molecule has 6 amide bonds. The van der Waals surface area contributed by atoms with Gasteiger partial charge in [0.15, 0.2) is 0 Å². The highest BCUT2D eigenvalue weighted by Gasteiger charge is 2.36. The van der Waals surface area contributed by atoms with Crippen molar-refractivity contribution in [1.82, 2.24) is 74.1 Å². The van der Waals surface area contributed by atoms with Crippen molar-refractivity contribution in [2.75, 3.05) is 131 Å².